The molecule has 5 nitrogen and oxygen atoms in total. The second-order valence-electron chi connectivity index (χ2n) is 6.45. The van der Waals surface area contributed by atoms with Crippen LogP contribution in [0.2, 0.25) is 0 Å². The average Bonchev–Trinajstić information content (AvgIpc) is 3.05. The van der Waals surface area contributed by atoms with Crippen LogP contribution in [0.3, 0.4) is 0 Å². The number of piperidine rings is 1. The first-order valence-electron chi connectivity index (χ1n) is 8.18. The van der Waals surface area contributed by atoms with Gasteiger partial charge >= 0.3 is 0 Å². The number of aromatic nitrogens is 1. The molecule has 0 saturated carbocycles. The molecule has 24 heavy (non-hydrogen) atoms. The number of thiazole rings is 1. The Morgan fingerprint density at radius 2 is 2.25 bits per heavy atom. The lowest BCUT2D eigenvalue weighted by molar-refractivity contribution is 0.0346. The third-order valence-electron chi connectivity index (χ3n) is 4.62. The zero-order valence-corrected chi connectivity index (χ0v) is 14.8. The van der Waals surface area contributed by atoms with Gasteiger partial charge in [0.1, 0.15) is 0 Å². The lowest BCUT2D eigenvalue weighted by Crippen LogP contribution is -2.53. The SMILES string of the molecule is Cc1ccc(C(=O)N[C@@H]2CCN(Cc3cscn3)C[C@H]2O)cc1C. The standard InChI is InChI=1S/C18H23N3O2S/c1-12-3-4-14(7-13(12)2)18(23)20-16-5-6-21(9-17(16)22)8-15-10-24-11-19-15/h3-4,7,10-11,16-17,22H,5-6,8-9H2,1-2H3,(H,20,23)/t16-,17-/m1/s1. The van der Waals surface area contributed by atoms with Gasteiger partial charge in [-0.1, -0.05) is 6.07 Å². The highest BCUT2D eigenvalue weighted by atomic mass is 32.1. The van der Waals surface area contributed by atoms with Gasteiger partial charge in [-0.3, -0.25) is 9.69 Å². The molecule has 2 N–H and O–H groups in total. The van der Waals surface area contributed by atoms with Crippen molar-refractivity contribution in [1.82, 2.24) is 15.2 Å². The number of aliphatic hydroxyl groups excluding tert-OH is 1. The number of aliphatic hydroxyl groups is 1. The monoisotopic (exact) mass is 345 g/mol. The molecule has 0 spiro atoms. The van der Waals surface area contributed by atoms with Gasteiger partial charge in [-0.15, -0.1) is 11.3 Å². The number of aryl methyl sites for hydroxylation is 2. The summed E-state index contributed by atoms with van der Waals surface area (Å²) < 4.78 is 0. The van der Waals surface area contributed by atoms with Gasteiger partial charge in [0.2, 0.25) is 0 Å². The fourth-order valence-corrected chi connectivity index (χ4v) is 3.54. The number of hydrogen-bond donors (Lipinski definition) is 2. The van der Waals surface area contributed by atoms with Crippen molar-refractivity contribution in [2.45, 2.75) is 39.0 Å². The topological polar surface area (TPSA) is 65.5 Å². The number of hydrogen-bond acceptors (Lipinski definition) is 5. The Morgan fingerprint density at radius 3 is 2.92 bits per heavy atom. The molecular formula is C18H23N3O2S. The normalized spacial score (nSPS) is 21.6. The molecule has 1 aromatic carbocycles. The molecule has 1 aliphatic rings. The number of benzene rings is 1. The Labute approximate surface area is 146 Å². The Hall–Kier alpha value is -1.76. The maximum atomic E-state index is 12.4. The van der Waals surface area contributed by atoms with Crippen LogP contribution in [-0.2, 0) is 6.54 Å². The molecule has 0 bridgehead atoms. The predicted octanol–water partition coefficient (Wildman–Crippen LogP) is 2.13. The first-order valence-corrected chi connectivity index (χ1v) is 9.13. The van der Waals surface area contributed by atoms with E-state index < -0.39 is 6.10 Å². The Bertz CT molecular complexity index is 702. The number of nitrogens with one attached hydrogen (secondary N) is 1. The van der Waals surface area contributed by atoms with Crippen LogP contribution >= 0.6 is 11.3 Å². The fourth-order valence-electron chi connectivity index (χ4n) is 2.99. The summed E-state index contributed by atoms with van der Waals surface area (Å²) in [6.07, 6.45) is 0.176. The van der Waals surface area contributed by atoms with Gasteiger partial charge in [0.25, 0.3) is 5.91 Å². The molecule has 0 unspecified atom stereocenters. The summed E-state index contributed by atoms with van der Waals surface area (Å²) in [4.78, 5) is 18.9. The molecule has 1 amide bonds. The van der Waals surface area contributed by atoms with E-state index in [2.05, 4.69) is 15.2 Å². The second-order valence-corrected chi connectivity index (χ2v) is 7.17. The number of carbonyl (C=O) groups is 1. The minimum atomic E-state index is -0.562. The quantitative estimate of drug-likeness (QED) is 0.891. The Morgan fingerprint density at radius 1 is 1.42 bits per heavy atom. The van der Waals surface area contributed by atoms with Crippen molar-refractivity contribution in [3.05, 3.63) is 51.5 Å². The fraction of sp³-hybridized carbons (Fsp3) is 0.444. The van der Waals surface area contributed by atoms with Crippen molar-refractivity contribution in [3.8, 4) is 0 Å². The van der Waals surface area contributed by atoms with Crippen LogP contribution in [0.5, 0.6) is 0 Å². The van der Waals surface area contributed by atoms with E-state index in [1.165, 1.54) is 5.56 Å². The molecule has 128 valence electrons. The molecule has 3 rings (SSSR count). The third kappa shape index (κ3) is 4.01. The average molecular weight is 345 g/mol. The number of β-amino-alcohol motifs (C(OH)–C–C–N with tert-alkyl or cyclic N) is 1. The van der Waals surface area contributed by atoms with Crippen molar-refractivity contribution in [1.29, 1.82) is 0 Å². The summed E-state index contributed by atoms with van der Waals surface area (Å²) in [6, 6.07) is 5.48. The van der Waals surface area contributed by atoms with Crippen molar-refractivity contribution >= 4 is 17.2 Å². The zero-order valence-electron chi connectivity index (χ0n) is 14.0. The molecule has 2 heterocycles. The Balaban J connectivity index is 1.56. The van der Waals surface area contributed by atoms with Crippen LogP contribution in [0, 0.1) is 13.8 Å². The second kappa shape index (κ2) is 7.42. The Kier molecular flexibility index (Phi) is 5.28. The number of amides is 1. The molecule has 0 aliphatic carbocycles. The van der Waals surface area contributed by atoms with Crippen molar-refractivity contribution in [3.63, 3.8) is 0 Å². The summed E-state index contributed by atoms with van der Waals surface area (Å²) in [5, 5.41) is 15.4. The van der Waals surface area contributed by atoms with Crippen LogP contribution in [0.25, 0.3) is 0 Å². The highest BCUT2D eigenvalue weighted by molar-refractivity contribution is 7.07. The van der Waals surface area contributed by atoms with E-state index in [4.69, 9.17) is 0 Å². The third-order valence-corrected chi connectivity index (χ3v) is 5.26. The summed E-state index contributed by atoms with van der Waals surface area (Å²) in [5.41, 5.74) is 5.77. The van der Waals surface area contributed by atoms with Gasteiger partial charge in [-0.2, -0.15) is 0 Å². The molecule has 0 radical (unpaired) electrons. The maximum Gasteiger partial charge on any atom is 0.251 e. The van der Waals surface area contributed by atoms with E-state index in [9.17, 15) is 9.90 Å². The highest BCUT2D eigenvalue weighted by Crippen LogP contribution is 2.16. The molecule has 2 aromatic rings. The van der Waals surface area contributed by atoms with Crippen LogP contribution in [0.1, 0.15) is 33.6 Å². The maximum absolute atomic E-state index is 12.4. The van der Waals surface area contributed by atoms with Gasteiger partial charge in [-0.25, -0.2) is 4.98 Å². The van der Waals surface area contributed by atoms with Crippen molar-refractivity contribution < 1.29 is 9.90 Å². The van der Waals surface area contributed by atoms with Gasteiger partial charge < -0.3 is 10.4 Å². The van der Waals surface area contributed by atoms with Crippen molar-refractivity contribution in [2.75, 3.05) is 13.1 Å². The van der Waals surface area contributed by atoms with E-state index in [0.29, 0.717) is 12.1 Å². The molecule has 2 atom stereocenters. The lowest BCUT2D eigenvalue weighted by Gasteiger charge is -2.36. The molecule has 1 aliphatic heterocycles. The van der Waals surface area contributed by atoms with Gasteiger partial charge in [-0.05, 0) is 43.5 Å². The molecule has 1 aromatic heterocycles. The summed E-state index contributed by atoms with van der Waals surface area (Å²) >= 11 is 1.58. The predicted molar refractivity (Wildman–Crippen MR) is 95.2 cm³/mol. The van der Waals surface area contributed by atoms with E-state index in [1.807, 2.05) is 42.9 Å². The van der Waals surface area contributed by atoms with Crippen molar-refractivity contribution in [2.24, 2.45) is 0 Å². The number of rotatable bonds is 4. The summed E-state index contributed by atoms with van der Waals surface area (Å²) in [6.45, 7) is 6.16. The zero-order chi connectivity index (χ0) is 17.1. The largest absolute Gasteiger partial charge is 0.390 e. The minimum Gasteiger partial charge on any atom is -0.390 e. The van der Waals surface area contributed by atoms with Gasteiger partial charge in [0.15, 0.2) is 0 Å². The lowest BCUT2D eigenvalue weighted by atomic mass is 10.0. The van der Waals surface area contributed by atoms with Gasteiger partial charge in [0.05, 0.1) is 23.4 Å². The molecular weight excluding hydrogens is 322 g/mol. The van der Waals surface area contributed by atoms with Crippen LogP contribution in [-0.4, -0.2) is 46.1 Å². The van der Waals surface area contributed by atoms with E-state index >= 15 is 0 Å². The number of likely N-dealkylation sites (tertiary alicyclic amines) is 1. The number of carbonyl (C=O) groups excluding carboxylic acids is 1. The van der Waals surface area contributed by atoms with Crippen LogP contribution < -0.4 is 5.32 Å². The number of nitrogens with zero attached hydrogens (tertiary/aromatic N) is 2. The van der Waals surface area contributed by atoms with E-state index in [1.54, 1.807) is 11.3 Å². The summed E-state index contributed by atoms with van der Waals surface area (Å²) in [7, 11) is 0. The summed E-state index contributed by atoms with van der Waals surface area (Å²) in [5.74, 6) is -0.116. The van der Waals surface area contributed by atoms with E-state index in [-0.39, 0.29) is 11.9 Å². The molecule has 1 fully saturated rings. The van der Waals surface area contributed by atoms with Crippen LogP contribution in [0.4, 0.5) is 0 Å². The van der Waals surface area contributed by atoms with Gasteiger partial charge in [0, 0.05) is 30.6 Å². The molecule has 6 heteroatoms. The molecule has 1 saturated heterocycles. The first kappa shape index (κ1) is 17.1. The van der Waals surface area contributed by atoms with Crippen LogP contribution in [0.15, 0.2) is 29.1 Å². The highest BCUT2D eigenvalue weighted by Gasteiger charge is 2.29. The first-order chi connectivity index (χ1) is 11.5. The smallest absolute Gasteiger partial charge is 0.251 e. The minimum absolute atomic E-state index is 0.116. The van der Waals surface area contributed by atoms with E-state index in [0.717, 1.165) is 30.8 Å².